The number of thiophene rings is 1. The zero-order chi connectivity index (χ0) is 18.4. The summed E-state index contributed by atoms with van der Waals surface area (Å²) in [6.45, 7) is 1.96. The van der Waals surface area contributed by atoms with Gasteiger partial charge in [0.15, 0.2) is 0 Å². The zero-order valence-corrected chi connectivity index (χ0v) is 15.0. The van der Waals surface area contributed by atoms with E-state index < -0.39 is 0 Å². The molecule has 3 aromatic rings. The zero-order valence-electron chi connectivity index (χ0n) is 14.2. The number of nitrogens with one attached hydrogen (secondary N) is 2. The van der Waals surface area contributed by atoms with Crippen molar-refractivity contribution < 1.29 is 9.59 Å². The monoisotopic (exact) mass is 362 g/mol. The van der Waals surface area contributed by atoms with E-state index in [0.717, 1.165) is 10.4 Å². The maximum absolute atomic E-state index is 12.6. The van der Waals surface area contributed by atoms with Crippen molar-refractivity contribution in [2.75, 3.05) is 10.6 Å². The highest BCUT2D eigenvalue weighted by molar-refractivity contribution is 7.10. The third kappa shape index (κ3) is 4.68. The lowest BCUT2D eigenvalue weighted by molar-refractivity contribution is -0.111. The number of amides is 2. The van der Waals surface area contributed by atoms with Crippen LogP contribution >= 0.6 is 11.3 Å². The molecule has 0 spiro atoms. The van der Waals surface area contributed by atoms with Crippen molar-refractivity contribution in [1.29, 1.82) is 0 Å². The number of hydrogen-bond acceptors (Lipinski definition) is 3. The lowest BCUT2D eigenvalue weighted by Gasteiger charge is -2.11. The first-order valence-corrected chi connectivity index (χ1v) is 8.99. The van der Waals surface area contributed by atoms with Gasteiger partial charge in [0.25, 0.3) is 5.91 Å². The van der Waals surface area contributed by atoms with Crippen molar-refractivity contribution in [1.82, 2.24) is 0 Å². The first-order chi connectivity index (χ1) is 12.6. The number of hydrogen-bond donors (Lipinski definition) is 2. The summed E-state index contributed by atoms with van der Waals surface area (Å²) in [5.74, 6) is -0.553. The Morgan fingerprint density at radius 3 is 2.58 bits per heavy atom. The highest BCUT2D eigenvalue weighted by atomic mass is 32.1. The van der Waals surface area contributed by atoms with Crippen molar-refractivity contribution in [3.05, 3.63) is 88.1 Å². The summed E-state index contributed by atoms with van der Waals surface area (Å²) in [4.78, 5) is 25.7. The molecule has 0 atom stereocenters. The quantitative estimate of drug-likeness (QED) is 0.630. The molecule has 0 aliphatic carbocycles. The molecule has 2 amide bonds. The Labute approximate surface area is 156 Å². The molecular weight excluding hydrogens is 344 g/mol. The molecule has 0 radical (unpaired) electrons. The van der Waals surface area contributed by atoms with Gasteiger partial charge in [0.2, 0.25) is 5.91 Å². The van der Waals surface area contributed by atoms with Crippen LogP contribution < -0.4 is 10.6 Å². The molecule has 0 fully saturated rings. The van der Waals surface area contributed by atoms with Crippen molar-refractivity contribution >= 4 is 40.6 Å². The van der Waals surface area contributed by atoms with E-state index in [9.17, 15) is 9.59 Å². The smallest absolute Gasteiger partial charge is 0.257 e. The minimum absolute atomic E-state index is 0.270. The molecule has 4 nitrogen and oxygen atoms in total. The fraction of sp³-hybridized carbons (Fsp3) is 0.0476. The van der Waals surface area contributed by atoms with Gasteiger partial charge in [0, 0.05) is 16.6 Å². The Morgan fingerprint density at radius 2 is 1.81 bits per heavy atom. The van der Waals surface area contributed by atoms with Gasteiger partial charge in [-0.05, 0) is 54.3 Å². The summed E-state index contributed by atoms with van der Waals surface area (Å²) in [6.07, 6.45) is 3.20. The minimum Gasteiger partial charge on any atom is -0.322 e. The summed E-state index contributed by atoms with van der Waals surface area (Å²) in [7, 11) is 0. The van der Waals surface area contributed by atoms with E-state index in [2.05, 4.69) is 10.6 Å². The molecule has 1 heterocycles. The van der Waals surface area contributed by atoms with E-state index >= 15 is 0 Å². The van der Waals surface area contributed by atoms with E-state index in [-0.39, 0.29) is 11.8 Å². The molecule has 2 aromatic carbocycles. The van der Waals surface area contributed by atoms with Gasteiger partial charge in [0.05, 0.1) is 11.3 Å². The molecule has 26 heavy (non-hydrogen) atoms. The number of carbonyl (C=O) groups excluding carboxylic acids is 2. The molecular formula is C21H18N2O2S. The molecule has 1 aromatic heterocycles. The molecule has 2 N–H and O–H groups in total. The number of aryl methyl sites for hydroxylation is 1. The first kappa shape index (κ1) is 17.6. The Hall–Kier alpha value is -3.18. The van der Waals surface area contributed by atoms with Gasteiger partial charge >= 0.3 is 0 Å². The largest absolute Gasteiger partial charge is 0.322 e. The second kappa shape index (κ2) is 8.27. The number of carbonyl (C=O) groups is 2. The predicted molar refractivity (Wildman–Crippen MR) is 108 cm³/mol. The van der Waals surface area contributed by atoms with Gasteiger partial charge in [-0.1, -0.05) is 30.3 Å². The molecule has 0 aliphatic rings. The molecule has 3 rings (SSSR count). The average molecular weight is 362 g/mol. The summed E-state index contributed by atoms with van der Waals surface area (Å²) in [6, 6.07) is 18.4. The number of benzene rings is 2. The first-order valence-electron chi connectivity index (χ1n) is 8.11. The molecule has 0 aliphatic heterocycles. The average Bonchev–Trinajstić information content (AvgIpc) is 3.14. The molecule has 0 bridgehead atoms. The van der Waals surface area contributed by atoms with Crippen LogP contribution in [-0.2, 0) is 4.79 Å². The lowest BCUT2D eigenvalue weighted by atomic mass is 10.1. The van der Waals surface area contributed by atoms with Crippen LogP contribution in [0.2, 0.25) is 0 Å². The van der Waals surface area contributed by atoms with Crippen LogP contribution in [0.25, 0.3) is 6.08 Å². The standard InChI is InChI=1S/C21H18N2O2S/c1-15-6-4-7-16(14-15)22-21(25)18-9-2-3-10-19(18)23-20(24)12-11-17-8-5-13-26-17/h2-14H,1H3,(H,22,25)(H,23,24)/b12-11+. The Kier molecular flexibility index (Phi) is 5.61. The Balaban J connectivity index is 1.73. The lowest BCUT2D eigenvalue weighted by Crippen LogP contribution is -2.17. The molecule has 0 saturated heterocycles. The van der Waals surface area contributed by atoms with Crippen LogP contribution in [0.15, 0.2) is 72.1 Å². The van der Waals surface area contributed by atoms with E-state index in [0.29, 0.717) is 16.9 Å². The predicted octanol–water partition coefficient (Wildman–Crippen LogP) is 4.96. The van der Waals surface area contributed by atoms with Gasteiger partial charge in [-0.3, -0.25) is 9.59 Å². The van der Waals surface area contributed by atoms with Gasteiger partial charge in [-0.25, -0.2) is 0 Å². The Morgan fingerprint density at radius 1 is 0.962 bits per heavy atom. The SMILES string of the molecule is Cc1cccc(NC(=O)c2ccccc2NC(=O)/C=C/c2cccs2)c1. The molecule has 130 valence electrons. The molecule has 0 unspecified atom stereocenters. The number of rotatable bonds is 5. The third-order valence-electron chi connectivity index (χ3n) is 3.65. The van der Waals surface area contributed by atoms with Crippen LogP contribution in [0.3, 0.4) is 0 Å². The maximum atomic E-state index is 12.6. The highest BCUT2D eigenvalue weighted by Crippen LogP contribution is 2.18. The highest BCUT2D eigenvalue weighted by Gasteiger charge is 2.12. The van der Waals surface area contributed by atoms with Crippen molar-refractivity contribution in [3.63, 3.8) is 0 Å². The normalized spacial score (nSPS) is 10.7. The van der Waals surface area contributed by atoms with Crippen molar-refractivity contribution in [2.24, 2.45) is 0 Å². The summed E-state index contributed by atoms with van der Waals surface area (Å²) >= 11 is 1.55. The second-order valence-corrected chi connectivity index (χ2v) is 6.69. The van der Waals surface area contributed by atoms with Crippen LogP contribution in [0.1, 0.15) is 20.8 Å². The van der Waals surface area contributed by atoms with E-state index in [4.69, 9.17) is 0 Å². The molecule has 5 heteroatoms. The van der Waals surface area contributed by atoms with Crippen molar-refractivity contribution in [2.45, 2.75) is 6.92 Å². The summed E-state index contributed by atoms with van der Waals surface area (Å²) in [5, 5.41) is 7.58. The van der Waals surface area contributed by atoms with Gasteiger partial charge in [-0.15, -0.1) is 11.3 Å². The van der Waals surface area contributed by atoms with Gasteiger partial charge < -0.3 is 10.6 Å². The number of anilines is 2. The maximum Gasteiger partial charge on any atom is 0.257 e. The van der Waals surface area contributed by atoms with Crippen molar-refractivity contribution in [3.8, 4) is 0 Å². The van der Waals surface area contributed by atoms with Crippen LogP contribution in [0.4, 0.5) is 11.4 Å². The van der Waals surface area contributed by atoms with E-state index in [1.807, 2.05) is 48.7 Å². The van der Waals surface area contributed by atoms with Gasteiger partial charge in [0.1, 0.15) is 0 Å². The third-order valence-corrected chi connectivity index (χ3v) is 4.49. The second-order valence-electron chi connectivity index (χ2n) is 5.71. The molecule has 0 saturated carbocycles. The van der Waals surface area contributed by atoms with Gasteiger partial charge in [-0.2, -0.15) is 0 Å². The van der Waals surface area contributed by atoms with Crippen LogP contribution in [0, 0.1) is 6.92 Å². The van der Waals surface area contributed by atoms with E-state index in [1.165, 1.54) is 6.08 Å². The Bertz CT molecular complexity index is 946. The van der Waals surface area contributed by atoms with E-state index in [1.54, 1.807) is 41.7 Å². The topological polar surface area (TPSA) is 58.2 Å². The summed E-state index contributed by atoms with van der Waals surface area (Å²) in [5.41, 5.74) is 2.65. The fourth-order valence-electron chi connectivity index (χ4n) is 2.43. The minimum atomic E-state index is -0.283. The van der Waals surface area contributed by atoms with Crippen LogP contribution in [-0.4, -0.2) is 11.8 Å². The number of para-hydroxylation sites is 1. The van der Waals surface area contributed by atoms with Crippen LogP contribution in [0.5, 0.6) is 0 Å². The summed E-state index contributed by atoms with van der Waals surface area (Å²) < 4.78 is 0. The fourth-order valence-corrected chi connectivity index (χ4v) is 3.05.